The van der Waals surface area contributed by atoms with Crippen LogP contribution in [0.5, 0.6) is 0 Å². The summed E-state index contributed by atoms with van der Waals surface area (Å²) in [5.74, 6) is -2.78. The van der Waals surface area contributed by atoms with Gasteiger partial charge in [-0.2, -0.15) is 8.75 Å². The number of aromatic nitrogens is 2. The number of aliphatic carboxylic acids is 1. The molecule has 0 saturated carbocycles. The Bertz CT molecular complexity index is 1290. The van der Waals surface area contributed by atoms with Crippen LogP contribution in [0.15, 0.2) is 34.5 Å². The average molecular weight is 498 g/mol. The molecule has 0 amide bonds. The Hall–Kier alpha value is -3.14. The molecule has 32 heavy (non-hydrogen) atoms. The van der Waals surface area contributed by atoms with Crippen LogP contribution in [0.4, 0.5) is 5.69 Å². The van der Waals surface area contributed by atoms with Gasteiger partial charge in [-0.25, -0.2) is 13.2 Å². The van der Waals surface area contributed by atoms with E-state index >= 15 is 0 Å². The molecule has 15 heteroatoms. The Kier molecular flexibility index (Phi) is 6.73. The normalized spacial score (nSPS) is 13.4. The number of thiophene rings is 1. The second-order valence-corrected chi connectivity index (χ2v) is 9.80. The minimum atomic E-state index is -4.16. The van der Waals surface area contributed by atoms with Gasteiger partial charge >= 0.3 is 5.97 Å². The summed E-state index contributed by atoms with van der Waals surface area (Å²) < 4.78 is 36.3. The Morgan fingerprint density at radius 3 is 2.69 bits per heavy atom. The van der Waals surface area contributed by atoms with Gasteiger partial charge < -0.3 is 21.9 Å². The first kappa shape index (κ1) is 23.5. The highest BCUT2D eigenvalue weighted by Crippen LogP contribution is 2.31. The molecule has 0 fully saturated rings. The molecule has 2 aromatic heterocycles. The number of nitrogens with two attached hydrogens (primary N) is 2. The number of nitrogens with zero attached hydrogens (tertiary/aromatic N) is 2. The summed E-state index contributed by atoms with van der Waals surface area (Å²) >= 11 is 1.74. The Labute approximate surface area is 190 Å². The van der Waals surface area contributed by atoms with Gasteiger partial charge in [0.25, 0.3) is 10.0 Å². The molecule has 1 aromatic carbocycles. The van der Waals surface area contributed by atoms with Crippen molar-refractivity contribution < 1.29 is 23.1 Å². The first-order valence-electron chi connectivity index (χ1n) is 9.03. The van der Waals surface area contributed by atoms with Crippen molar-refractivity contribution in [3.63, 3.8) is 0 Å². The molecule has 0 bridgehead atoms. The van der Waals surface area contributed by atoms with Crippen molar-refractivity contribution >= 4 is 67.5 Å². The minimum absolute atomic E-state index is 0.0851. The van der Waals surface area contributed by atoms with Gasteiger partial charge in [0.05, 0.1) is 22.3 Å². The van der Waals surface area contributed by atoms with Crippen LogP contribution in [0.3, 0.4) is 0 Å². The molecule has 2 heterocycles. The van der Waals surface area contributed by atoms with Crippen molar-refractivity contribution in [1.29, 1.82) is 5.41 Å². The molecule has 0 aliphatic heterocycles. The number of carboxylic acid groups (broad SMARTS) is 1. The Morgan fingerprint density at radius 2 is 2.00 bits per heavy atom. The number of benzene rings is 1. The summed E-state index contributed by atoms with van der Waals surface area (Å²) in [5.41, 5.74) is 9.35. The molecule has 0 aliphatic rings. The number of hydrogen-bond acceptors (Lipinski definition) is 10. The number of ketones is 1. The molecule has 0 radical (unpaired) electrons. The molecular weight excluding hydrogens is 478 g/mol. The lowest BCUT2D eigenvalue weighted by atomic mass is 9.88. The molecule has 12 nitrogen and oxygen atoms in total. The lowest BCUT2D eigenvalue weighted by Crippen LogP contribution is -2.55. The van der Waals surface area contributed by atoms with Gasteiger partial charge in [-0.1, -0.05) is 6.07 Å². The predicted octanol–water partition coefficient (Wildman–Crippen LogP) is 0.782. The first-order chi connectivity index (χ1) is 15.1. The van der Waals surface area contributed by atoms with Crippen molar-refractivity contribution in [2.75, 3.05) is 11.3 Å². The summed E-state index contributed by atoms with van der Waals surface area (Å²) in [6, 6.07) is 5.84. The van der Waals surface area contributed by atoms with Crippen LogP contribution >= 0.6 is 23.1 Å². The number of guanidine groups is 1. The lowest BCUT2D eigenvalue weighted by molar-refractivity contribution is -0.141. The molecule has 8 N–H and O–H groups in total. The number of fused-ring (bicyclic) bond motifs is 1. The topological polar surface area (TPSA) is 214 Å². The molecule has 3 rings (SSSR count). The van der Waals surface area contributed by atoms with E-state index in [-0.39, 0.29) is 46.3 Å². The van der Waals surface area contributed by atoms with Gasteiger partial charge in [-0.15, -0.1) is 11.3 Å². The molecule has 0 unspecified atom stereocenters. The average Bonchev–Trinajstić information content (AvgIpc) is 3.38. The van der Waals surface area contributed by atoms with Gasteiger partial charge in [0.1, 0.15) is 15.9 Å². The number of rotatable bonds is 10. The molecular formula is C17H19N7O5S3. The third-order valence-corrected chi connectivity index (χ3v) is 7.36. The molecule has 0 saturated heterocycles. The van der Waals surface area contributed by atoms with E-state index < -0.39 is 27.3 Å². The van der Waals surface area contributed by atoms with Gasteiger partial charge in [-0.05, 0) is 36.4 Å². The largest absolute Gasteiger partial charge is 0.480 e. The smallest absolute Gasteiger partial charge is 0.331 e. The molecule has 3 aromatic rings. The van der Waals surface area contributed by atoms with E-state index in [1.807, 2.05) is 0 Å². The fourth-order valence-corrected chi connectivity index (χ4v) is 5.65. The van der Waals surface area contributed by atoms with Crippen molar-refractivity contribution in [2.45, 2.75) is 23.3 Å². The zero-order chi connectivity index (χ0) is 23.5. The maximum absolute atomic E-state index is 13.1. The summed E-state index contributed by atoms with van der Waals surface area (Å²) in [4.78, 5) is 24.7. The number of carbonyl (C=O) groups excluding carboxylic acids is 1. The van der Waals surface area contributed by atoms with Crippen molar-refractivity contribution in [3.05, 3.63) is 34.5 Å². The second kappa shape index (κ2) is 9.15. The van der Waals surface area contributed by atoms with Gasteiger partial charge in [0.2, 0.25) is 5.78 Å². The number of nitrogens with one attached hydrogen (secondary N) is 3. The molecule has 1 atom stereocenters. The highest BCUT2D eigenvalue weighted by atomic mass is 32.2. The van der Waals surface area contributed by atoms with Crippen molar-refractivity contribution in [2.24, 2.45) is 11.5 Å². The lowest BCUT2D eigenvalue weighted by Gasteiger charge is -2.23. The first-order valence-corrected chi connectivity index (χ1v) is 12.1. The van der Waals surface area contributed by atoms with Gasteiger partial charge in [-0.3, -0.25) is 14.9 Å². The van der Waals surface area contributed by atoms with E-state index in [4.69, 9.17) is 16.9 Å². The van der Waals surface area contributed by atoms with Crippen molar-refractivity contribution in [3.8, 4) is 0 Å². The summed E-state index contributed by atoms with van der Waals surface area (Å²) in [5, 5.41) is 20.7. The van der Waals surface area contributed by atoms with E-state index in [1.54, 1.807) is 6.07 Å². The van der Waals surface area contributed by atoms with Gasteiger partial charge in [0, 0.05) is 6.54 Å². The predicted molar refractivity (Wildman–Crippen MR) is 121 cm³/mol. The number of carbonyl (C=O) groups is 2. The maximum Gasteiger partial charge on any atom is 0.331 e. The highest BCUT2D eigenvalue weighted by Gasteiger charge is 2.43. The molecule has 0 aliphatic carbocycles. The van der Waals surface area contributed by atoms with Crippen LogP contribution in [-0.2, 0) is 14.8 Å². The SMILES string of the molecule is N=C(N)NCCC[C@](N)(C(=O)O)C(=O)c1sccc1NS(=O)(=O)c1cccc2nsnc12. The number of sulfonamides is 1. The van der Waals surface area contributed by atoms with Crippen LogP contribution in [0.25, 0.3) is 11.0 Å². The van der Waals surface area contributed by atoms with Crippen LogP contribution in [0, 0.1) is 5.41 Å². The van der Waals surface area contributed by atoms with Crippen LogP contribution in [-0.4, -0.2) is 52.1 Å². The van der Waals surface area contributed by atoms with E-state index in [0.29, 0.717) is 5.52 Å². The second-order valence-electron chi connectivity index (χ2n) is 6.71. The summed E-state index contributed by atoms with van der Waals surface area (Å²) in [6.45, 7) is 0.143. The number of hydrogen-bond donors (Lipinski definition) is 6. The zero-order valence-electron chi connectivity index (χ0n) is 16.4. The quantitative estimate of drug-likeness (QED) is 0.0760. The molecule has 170 valence electrons. The number of Topliss-reactive ketones (excluding diaryl/α,β-unsaturated/α-hetero) is 1. The number of carboxylic acids is 1. The zero-order valence-corrected chi connectivity index (χ0v) is 18.8. The van der Waals surface area contributed by atoms with Crippen LogP contribution < -0.4 is 21.5 Å². The minimum Gasteiger partial charge on any atom is -0.480 e. The summed E-state index contributed by atoms with van der Waals surface area (Å²) in [7, 11) is -4.16. The van der Waals surface area contributed by atoms with Crippen molar-refractivity contribution in [1.82, 2.24) is 14.1 Å². The summed E-state index contributed by atoms with van der Waals surface area (Å²) in [6.07, 6.45) is -0.116. The Morgan fingerprint density at radius 1 is 1.25 bits per heavy atom. The van der Waals surface area contributed by atoms with Gasteiger partial charge in [0.15, 0.2) is 11.5 Å². The maximum atomic E-state index is 13.1. The van der Waals surface area contributed by atoms with E-state index in [2.05, 4.69) is 18.8 Å². The van der Waals surface area contributed by atoms with E-state index in [1.165, 1.54) is 23.6 Å². The molecule has 0 spiro atoms. The van der Waals surface area contributed by atoms with Crippen LogP contribution in [0.2, 0.25) is 0 Å². The standard InChI is InChI=1S/C17H19N7O5S3/c18-16(19)21-7-2-6-17(20,15(26)27)14(25)13-10(5-8-30-13)24-32(28,29)11-4-1-3-9-12(11)23-31-22-9/h1,3-5,8,24H,2,6-7,20H2,(H,26,27)(H4,18,19,21)/t17-/m1/s1. The fourth-order valence-electron chi connectivity index (χ4n) is 2.87. The van der Waals surface area contributed by atoms with E-state index in [9.17, 15) is 23.1 Å². The highest BCUT2D eigenvalue weighted by molar-refractivity contribution is 7.93. The number of anilines is 1. The third-order valence-electron chi connectivity index (χ3n) is 4.50. The fraction of sp³-hybridized carbons (Fsp3) is 0.235. The van der Waals surface area contributed by atoms with Crippen LogP contribution in [0.1, 0.15) is 22.5 Å². The monoisotopic (exact) mass is 497 g/mol. The third kappa shape index (κ3) is 4.69. The Balaban J connectivity index is 1.87. The van der Waals surface area contributed by atoms with E-state index in [0.717, 1.165) is 23.1 Å².